The van der Waals surface area contributed by atoms with E-state index in [2.05, 4.69) is 12.1 Å². The van der Waals surface area contributed by atoms with Gasteiger partial charge in [0.2, 0.25) is 11.8 Å². The molecule has 0 aromatic heterocycles. The maximum Gasteiger partial charge on any atom is 0.241 e. The molecule has 25 heavy (non-hydrogen) atoms. The fourth-order valence-electron chi connectivity index (χ4n) is 3.38. The summed E-state index contributed by atoms with van der Waals surface area (Å²) >= 11 is 0. The number of amides is 2. The highest BCUT2D eigenvalue weighted by atomic mass is 16.2. The molecule has 1 saturated heterocycles. The second-order valence-electron chi connectivity index (χ2n) is 6.51. The Balaban J connectivity index is 1.86. The van der Waals surface area contributed by atoms with Crippen LogP contribution in [0, 0.1) is 6.92 Å². The van der Waals surface area contributed by atoms with E-state index in [1.54, 1.807) is 0 Å². The monoisotopic (exact) mass is 337 g/mol. The molecule has 2 amide bonds. The van der Waals surface area contributed by atoms with Crippen LogP contribution in [-0.2, 0) is 16.0 Å². The first-order valence-electron chi connectivity index (χ1n) is 8.47. The predicted molar refractivity (Wildman–Crippen MR) is 98.2 cm³/mol. The molecule has 2 aromatic rings. The van der Waals surface area contributed by atoms with E-state index in [0.29, 0.717) is 6.54 Å². The average Bonchev–Trinajstić information content (AvgIpc) is 2.58. The smallest absolute Gasteiger partial charge is 0.241 e. The number of benzene rings is 2. The van der Waals surface area contributed by atoms with Gasteiger partial charge in [-0.2, -0.15) is 0 Å². The lowest BCUT2D eigenvalue weighted by Crippen LogP contribution is -2.58. The number of piperazine rings is 1. The Morgan fingerprint density at radius 2 is 1.80 bits per heavy atom. The molecule has 0 aliphatic carbocycles. The number of hydrogen-bond acceptors (Lipinski definition) is 3. The standard InChI is InChI=1S/C20H23N3O2/c1-15-7-5-6-10-18(15)23-12-17(11-16-8-3-2-4-9-16)22(13-19(21)24)14-20(23)25/h2-10,17H,11-14H2,1H3,(H2,21,24). The van der Waals surface area contributed by atoms with Crippen molar-refractivity contribution < 1.29 is 9.59 Å². The molecule has 130 valence electrons. The normalized spacial score (nSPS) is 18.4. The van der Waals surface area contributed by atoms with E-state index < -0.39 is 5.91 Å². The number of para-hydroxylation sites is 1. The van der Waals surface area contributed by atoms with Gasteiger partial charge in [-0.3, -0.25) is 14.5 Å². The number of primary amides is 1. The van der Waals surface area contributed by atoms with Crippen molar-refractivity contribution in [2.24, 2.45) is 5.73 Å². The fraction of sp³-hybridized carbons (Fsp3) is 0.300. The minimum atomic E-state index is -0.407. The van der Waals surface area contributed by atoms with Gasteiger partial charge in [-0.1, -0.05) is 48.5 Å². The first-order chi connectivity index (χ1) is 12.0. The first kappa shape index (κ1) is 17.2. The summed E-state index contributed by atoms with van der Waals surface area (Å²) < 4.78 is 0. The molecular formula is C20H23N3O2. The third-order valence-corrected chi connectivity index (χ3v) is 4.63. The second kappa shape index (κ2) is 7.49. The Bertz CT molecular complexity index is 761. The summed E-state index contributed by atoms with van der Waals surface area (Å²) in [5.41, 5.74) is 8.57. The average molecular weight is 337 g/mol. The van der Waals surface area contributed by atoms with E-state index in [0.717, 1.165) is 17.7 Å². The van der Waals surface area contributed by atoms with Gasteiger partial charge in [-0.05, 0) is 30.5 Å². The van der Waals surface area contributed by atoms with Crippen molar-refractivity contribution in [3.05, 3.63) is 65.7 Å². The lowest BCUT2D eigenvalue weighted by atomic mass is 10.0. The highest BCUT2D eigenvalue weighted by Crippen LogP contribution is 2.25. The molecule has 0 radical (unpaired) electrons. The summed E-state index contributed by atoms with van der Waals surface area (Å²) in [6, 6.07) is 18.0. The summed E-state index contributed by atoms with van der Waals surface area (Å²) in [7, 11) is 0. The molecule has 2 N–H and O–H groups in total. The lowest BCUT2D eigenvalue weighted by molar-refractivity contribution is -0.125. The SMILES string of the molecule is Cc1ccccc1N1CC(Cc2ccccc2)N(CC(N)=O)CC1=O. The number of nitrogens with zero attached hydrogens (tertiary/aromatic N) is 2. The van der Waals surface area contributed by atoms with Gasteiger partial charge in [-0.15, -0.1) is 0 Å². The Kier molecular flexibility index (Phi) is 5.14. The molecule has 1 atom stereocenters. The quantitative estimate of drug-likeness (QED) is 0.904. The fourth-order valence-corrected chi connectivity index (χ4v) is 3.38. The Hall–Kier alpha value is -2.66. The zero-order valence-electron chi connectivity index (χ0n) is 14.4. The van der Waals surface area contributed by atoms with Crippen molar-refractivity contribution >= 4 is 17.5 Å². The molecular weight excluding hydrogens is 314 g/mol. The van der Waals surface area contributed by atoms with Gasteiger partial charge in [0.25, 0.3) is 0 Å². The van der Waals surface area contributed by atoms with E-state index in [-0.39, 0.29) is 25.0 Å². The highest BCUT2D eigenvalue weighted by Gasteiger charge is 2.33. The van der Waals surface area contributed by atoms with Gasteiger partial charge >= 0.3 is 0 Å². The van der Waals surface area contributed by atoms with Crippen LogP contribution >= 0.6 is 0 Å². The topological polar surface area (TPSA) is 66.6 Å². The van der Waals surface area contributed by atoms with Crippen LogP contribution in [0.3, 0.4) is 0 Å². The van der Waals surface area contributed by atoms with E-state index in [4.69, 9.17) is 5.73 Å². The van der Waals surface area contributed by atoms with Crippen LogP contribution in [-0.4, -0.2) is 42.4 Å². The van der Waals surface area contributed by atoms with Gasteiger partial charge in [0.15, 0.2) is 0 Å². The number of aryl methyl sites for hydroxylation is 1. The van der Waals surface area contributed by atoms with Gasteiger partial charge in [0.1, 0.15) is 0 Å². The summed E-state index contributed by atoms with van der Waals surface area (Å²) in [6.07, 6.45) is 0.768. The largest absolute Gasteiger partial charge is 0.369 e. The molecule has 1 aliphatic rings. The van der Waals surface area contributed by atoms with Crippen LogP contribution < -0.4 is 10.6 Å². The van der Waals surface area contributed by atoms with Gasteiger partial charge in [-0.25, -0.2) is 0 Å². The van der Waals surface area contributed by atoms with Crippen LogP contribution in [0.1, 0.15) is 11.1 Å². The molecule has 0 spiro atoms. The zero-order valence-corrected chi connectivity index (χ0v) is 14.4. The minimum absolute atomic E-state index is 0.000128. The van der Waals surface area contributed by atoms with E-state index in [1.807, 2.05) is 59.2 Å². The van der Waals surface area contributed by atoms with Crippen LogP contribution in [0.15, 0.2) is 54.6 Å². The molecule has 0 saturated carbocycles. The number of carbonyl (C=O) groups excluding carboxylic acids is 2. The van der Waals surface area contributed by atoms with Crippen LogP contribution in [0.4, 0.5) is 5.69 Å². The minimum Gasteiger partial charge on any atom is -0.369 e. The zero-order chi connectivity index (χ0) is 17.8. The van der Waals surface area contributed by atoms with E-state index >= 15 is 0 Å². The van der Waals surface area contributed by atoms with Crippen molar-refractivity contribution in [1.82, 2.24) is 4.90 Å². The Morgan fingerprint density at radius 1 is 1.12 bits per heavy atom. The van der Waals surface area contributed by atoms with Crippen molar-refractivity contribution in [1.29, 1.82) is 0 Å². The molecule has 2 aromatic carbocycles. The molecule has 1 unspecified atom stereocenters. The van der Waals surface area contributed by atoms with Crippen molar-refractivity contribution in [2.75, 3.05) is 24.5 Å². The Morgan fingerprint density at radius 3 is 2.48 bits per heavy atom. The van der Waals surface area contributed by atoms with Crippen molar-refractivity contribution in [3.63, 3.8) is 0 Å². The number of carbonyl (C=O) groups is 2. The third kappa shape index (κ3) is 4.06. The molecule has 1 aliphatic heterocycles. The van der Waals surface area contributed by atoms with Gasteiger partial charge < -0.3 is 10.6 Å². The van der Waals surface area contributed by atoms with Crippen molar-refractivity contribution in [3.8, 4) is 0 Å². The predicted octanol–water partition coefficient (Wildman–Crippen LogP) is 1.74. The molecule has 1 fully saturated rings. The third-order valence-electron chi connectivity index (χ3n) is 4.63. The number of anilines is 1. The van der Waals surface area contributed by atoms with Crippen molar-refractivity contribution in [2.45, 2.75) is 19.4 Å². The summed E-state index contributed by atoms with van der Waals surface area (Å²) in [5.74, 6) is -0.407. The van der Waals surface area contributed by atoms with Crippen LogP contribution in [0.5, 0.6) is 0 Å². The highest BCUT2D eigenvalue weighted by molar-refractivity contribution is 5.96. The molecule has 1 heterocycles. The molecule has 5 heteroatoms. The maximum absolute atomic E-state index is 12.7. The van der Waals surface area contributed by atoms with Gasteiger partial charge in [0, 0.05) is 18.3 Å². The maximum atomic E-state index is 12.7. The van der Waals surface area contributed by atoms with E-state index in [1.165, 1.54) is 5.56 Å². The molecule has 0 bridgehead atoms. The summed E-state index contributed by atoms with van der Waals surface area (Å²) in [6.45, 7) is 2.86. The first-order valence-corrected chi connectivity index (χ1v) is 8.47. The summed E-state index contributed by atoms with van der Waals surface area (Å²) in [5, 5.41) is 0. The Labute approximate surface area is 148 Å². The lowest BCUT2D eigenvalue weighted by Gasteiger charge is -2.41. The number of nitrogens with two attached hydrogens (primary N) is 1. The number of hydrogen-bond donors (Lipinski definition) is 1. The second-order valence-corrected chi connectivity index (χ2v) is 6.51. The van der Waals surface area contributed by atoms with Gasteiger partial charge in [0.05, 0.1) is 13.1 Å². The van der Waals surface area contributed by atoms with Crippen LogP contribution in [0.2, 0.25) is 0 Å². The number of rotatable bonds is 5. The molecule has 3 rings (SSSR count). The molecule has 5 nitrogen and oxygen atoms in total. The van der Waals surface area contributed by atoms with Crippen LogP contribution in [0.25, 0.3) is 0 Å². The van der Waals surface area contributed by atoms with E-state index in [9.17, 15) is 9.59 Å². The summed E-state index contributed by atoms with van der Waals surface area (Å²) in [4.78, 5) is 27.8.